The average Bonchev–Trinajstić information content (AvgIpc) is 3.10. The Hall–Kier alpha value is -2.95. The molecule has 0 spiro atoms. The zero-order valence-corrected chi connectivity index (χ0v) is 15.1. The SMILES string of the molecule is Cc1cnn(CCC(=O)N(CCc2ccccc2)Cc2ccncc2)c1. The lowest BCUT2D eigenvalue weighted by Crippen LogP contribution is -2.33. The van der Waals surface area contributed by atoms with Crippen LogP contribution in [0.2, 0.25) is 0 Å². The highest BCUT2D eigenvalue weighted by Gasteiger charge is 2.14. The van der Waals surface area contributed by atoms with Gasteiger partial charge in [-0.2, -0.15) is 5.10 Å². The Morgan fingerprint density at radius 2 is 1.85 bits per heavy atom. The Labute approximate surface area is 154 Å². The third kappa shape index (κ3) is 5.28. The Morgan fingerprint density at radius 1 is 1.08 bits per heavy atom. The number of aromatic nitrogens is 3. The maximum Gasteiger partial charge on any atom is 0.224 e. The van der Waals surface area contributed by atoms with E-state index in [4.69, 9.17) is 0 Å². The highest BCUT2D eigenvalue weighted by molar-refractivity contribution is 5.76. The van der Waals surface area contributed by atoms with Gasteiger partial charge in [-0.25, -0.2) is 0 Å². The Balaban J connectivity index is 1.63. The summed E-state index contributed by atoms with van der Waals surface area (Å²) in [4.78, 5) is 18.8. The molecular weight excluding hydrogens is 324 g/mol. The number of rotatable bonds is 8. The quantitative estimate of drug-likeness (QED) is 0.628. The first-order valence-electron chi connectivity index (χ1n) is 8.90. The molecule has 3 aromatic rings. The highest BCUT2D eigenvalue weighted by Crippen LogP contribution is 2.09. The van der Waals surface area contributed by atoms with Crippen LogP contribution in [-0.2, 0) is 24.3 Å². The maximum atomic E-state index is 12.8. The molecule has 0 aliphatic rings. The monoisotopic (exact) mass is 348 g/mol. The fraction of sp³-hybridized carbons (Fsp3) is 0.286. The highest BCUT2D eigenvalue weighted by atomic mass is 16.2. The molecule has 134 valence electrons. The summed E-state index contributed by atoms with van der Waals surface area (Å²) in [6, 6.07) is 14.2. The molecule has 0 aliphatic heterocycles. The fourth-order valence-electron chi connectivity index (χ4n) is 2.87. The summed E-state index contributed by atoms with van der Waals surface area (Å²) in [6.45, 7) is 3.90. The Kier molecular flexibility index (Phi) is 6.14. The first kappa shape index (κ1) is 17.9. The van der Waals surface area contributed by atoms with E-state index in [-0.39, 0.29) is 5.91 Å². The van der Waals surface area contributed by atoms with Gasteiger partial charge in [-0.3, -0.25) is 14.5 Å². The van der Waals surface area contributed by atoms with Crippen LogP contribution in [0.4, 0.5) is 0 Å². The molecule has 0 saturated carbocycles. The van der Waals surface area contributed by atoms with Crippen LogP contribution in [0.15, 0.2) is 67.3 Å². The molecule has 2 heterocycles. The summed E-state index contributed by atoms with van der Waals surface area (Å²) in [7, 11) is 0. The minimum absolute atomic E-state index is 0.144. The second-order valence-corrected chi connectivity index (χ2v) is 6.44. The molecule has 0 atom stereocenters. The van der Waals surface area contributed by atoms with E-state index in [9.17, 15) is 4.79 Å². The van der Waals surface area contributed by atoms with Gasteiger partial charge in [0.2, 0.25) is 5.91 Å². The second-order valence-electron chi connectivity index (χ2n) is 6.44. The molecule has 0 bridgehead atoms. The van der Waals surface area contributed by atoms with Crippen LogP contribution in [0.5, 0.6) is 0 Å². The number of aryl methyl sites for hydroxylation is 2. The number of carbonyl (C=O) groups is 1. The van der Waals surface area contributed by atoms with Crippen molar-refractivity contribution in [3.05, 3.63) is 83.9 Å². The zero-order chi connectivity index (χ0) is 18.2. The lowest BCUT2D eigenvalue weighted by molar-refractivity contribution is -0.132. The van der Waals surface area contributed by atoms with Crippen molar-refractivity contribution >= 4 is 5.91 Å². The largest absolute Gasteiger partial charge is 0.338 e. The summed E-state index contributed by atoms with van der Waals surface area (Å²) < 4.78 is 1.83. The van der Waals surface area contributed by atoms with Gasteiger partial charge in [0.25, 0.3) is 0 Å². The number of amides is 1. The van der Waals surface area contributed by atoms with Crippen molar-refractivity contribution in [1.29, 1.82) is 0 Å². The maximum absolute atomic E-state index is 12.8. The predicted octanol–water partition coefficient (Wildman–Crippen LogP) is 3.25. The molecule has 0 aliphatic carbocycles. The first-order valence-corrected chi connectivity index (χ1v) is 8.90. The van der Waals surface area contributed by atoms with Gasteiger partial charge in [0, 0.05) is 44.6 Å². The molecule has 1 amide bonds. The number of nitrogens with zero attached hydrogens (tertiary/aromatic N) is 4. The van der Waals surface area contributed by atoms with Crippen molar-refractivity contribution in [2.75, 3.05) is 6.54 Å². The standard InChI is InChI=1S/C21H24N4O/c1-18-15-23-25(16-18)14-10-21(26)24(17-20-7-11-22-12-8-20)13-9-19-5-3-2-4-6-19/h2-8,11-12,15-16H,9-10,13-14,17H2,1H3. The van der Waals surface area contributed by atoms with Gasteiger partial charge in [-0.15, -0.1) is 0 Å². The first-order chi connectivity index (χ1) is 12.7. The van der Waals surface area contributed by atoms with Crippen molar-refractivity contribution < 1.29 is 4.79 Å². The lowest BCUT2D eigenvalue weighted by Gasteiger charge is -2.23. The van der Waals surface area contributed by atoms with E-state index in [1.165, 1.54) is 5.56 Å². The molecule has 5 nitrogen and oxygen atoms in total. The van der Waals surface area contributed by atoms with E-state index in [0.29, 0.717) is 26.1 Å². The van der Waals surface area contributed by atoms with E-state index < -0.39 is 0 Å². The molecular formula is C21H24N4O. The van der Waals surface area contributed by atoms with Crippen molar-refractivity contribution in [3.8, 4) is 0 Å². The third-order valence-electron chi connectivity index (χ3n) is 4.31. The van der Waals surface area contributed by atoms with Gasteiger partial charge in [-0.05, 0) is 42.2 Å². The van der Waals surface area contributed by atoms with Gasteiger partial charge in [0.15, 0.2) is 0 Å². The minimum Gasteiger partial charge on any atom is -0.338 e. The van der Waals surface area contributed by atoms with Crippen LogP contribution >= 0.6 is 0 Å². The van der Waals surface area contributed by atoms with E-state index in [0.717, 1.165) is 17.5 Å². The minimum atomic E-state index is 0.144. The Morgan fingerprint density at radius 3 is 2.54 bits per heavy atom. The number of carbonyl (C=O) groups excluding carboxylic acids is 1. The van der Waals surface area contributed by atoms with Crippen LogP contribution in [-0.4, -0.2) is 32.1 Å². The number of hydrogen-bond donors (Lipinski definition) is 0. The van der Waals surface area contributed by atoms with Gasteiger partial charge in [0.1, 0.15) is 0 Å². The summed E-state index contributed by atoms with van der Waals surface area (Å²) in [6.07, 6.45) is 8.60. The molecule has 0 fully saturated rings. The topological polar surface area (TPSA) is 51.0 Å². The van der Waals surface area contributed by atoms with E-state index in [1.54, 1.807) is 12.4 Å². The third-order valence-corrected chi connectivity index (χ3v) is 4.31. The predicted molar refractivity (Wildman–Crippen MR) is 101 cm³/mol. The number of hydrogen-bond acceptors (Lipinski definition) is 3. The molecule has 0 unspecified atom stereocenters. The van der Waals surface area contributed by atoms with Crippen molar-refractivity contribution in [1.82, 2.24) is 19.7 Å². The second kappa shape index (κ2) is 8.94. The molecule has 2 aromatic heterocycles. The lowest BCUT2D eigenvalue weighted by atomic mass is 10.1. The molecule has 26 heavy (non-hydrogen) atoms. The van der Waals surface area contributed by atoms with Gasteiger partial charge < -0.3 is 4.90 Å². The number of benzene rings is 1. The average molecular weight is 348 g/mol. The summed E-state index contributed by atoms with van der Waals surface area (Å²) in [5, 5.41) is 4.26. The van der Waals surface area contributed by atoms with Gasteiger partial charge in [0.05, 0.1) is 6.20 Å². The molecule has 0 saturated heterocycles. The smallest absolute Gasteiger partial charge is 0.224 e. The molecule has 0 radical (unpaired) electrons. The van der Waals surface area contributed by atoms with Crippen LogP contribution in [0.3, 0.4) is 0 Å². The van der Waals surface area contributed by atoms with Gasteiger partial charge in [-0.1, -0.05) is 30.3 Å². The van der Waals surface area contributed by atoms with Crippen molar-refractivity contribution in [2.24, 2.45) is 0 Å². The summed E-state index contributed by atoms with van der Waals surface area (Å²) in [5.41, 5.74) is 3.44. The molecule has 5 heteroatoms. The van der Waals surface area contributed by atoms with Crippen molar-refractivity contribution in [3.63, 3.8) is 0 Å². The van der Waals surface area contributed by atoms with E-state index in [1.807, 2.05) is 59.2 Å². The van der Waals surface area contributed by atoms with Gasteiger partial charge >= 0.3 is 0 Å². The van der Waals surface area contributed by atoms with E-state index in [2.05, 4.69) is 22.2 Å². The summed E-state index contributed by atoms with van der Waals surface area (Å²) in [5.74, 6) is 0.144. The molecule has 0 N–H and O–H groups in total. The summed E-state index contributed by atoms with van der Waals surface area (Å²) >= 11 is 0. The van der Waals surface area contributed by atoms with E-state index >= 15 is 0 Å². The van der Waals surface area contributed by atoms with Crippen LogP contribution in [0, 0.1) is 6.92 Å². The van der Waals surface area contributed by atoms with Crippen LogP contribution < -0.4 is 0 Å². The van der Waals surface area contributed by atoms with Crippen LogP contribution in [0.25, 0.3) is 0 Å². The normalized spacial score (nSPS) is 10.7. The van der Waals surface area contributed by atoms with Crippen molar-refractivity contribution in [2.45, 2.75) is 32.9 Å². The van der Waals surface area contributed by atoms with Crippen LogP contribution in [0.1, 0.15) is 23.1 Å². The Bertz CT molecular complexity index is 814. The number of pyridine rings is 1. The molecule has 3 rings (SSSR count). The zero-order valence-electron chi connectivity index (χ0n) is 15.1. The fourth-order valence-corrected chi connectivity index (χ4v) is 2.87. The molecule has 1 aromatic carbocycles.